The van der Waals surface area contributed by atoms with Crippen molar-refractivity contribution in [3.8, 4) is 0 Å². The van der Waals surface area contributed by atoms with Crippen LogP contribution in [0.1, 0.15) is 26.2 Å². The molecule has 15 heavy (non-hydrogen) atoms. The molecule has 2 rings (SSSR count). The van der Waals surface area contributed by atoms with E-state index in [0.29, 0.717) is 6.04 Å². The van der Waals surface area contributed by atoms with Gasteiger partial charge in [0.25, 0.3) is 0 Å². The van der Waals surface area contributed by atoms with Crippen LogP contribution in [0, 0.1) is 0 Å². The molecule has 4 heteroatoms. The number of hydrogen-bond donors (Lipinski definition) is 1. The van der Waals surface area contributed by atoms with Crippen LogP contribution in [0.5, 0.6) is 0 Å². The van der Waals surface area contributed by atoms with Gasteiger partial charge in [-0.05, 0) is 32.3 Å². The Balaban J connectivity index is 2.09. The normalized spacial score (nSPS) is 15.9. The van der Waals surface area contributed by atoms with Crippen LogP contribution in [0.2, 0.25) is 0 Å². The fraction of sp³-hybridized carbons (Fsp3) is 0.636. The maximum Gasteiger partial charge on any atom is 0.224 e. The molecule has 1 aromatic rings. The van der Waals surface area contributed by atoms with E-state index in [0.717, 1.165) is 18.3 Å². The minimum Gasteiger partial charge on any atom is -0.357 e. The lowest BCUT2D eigenvalue weighted by Gasteiger charge is -2.35. The van der Waals surface area contributed by atoms with Gasteiger partial charge in [-0.25, -0.2) is 4.98 Å². The summed E-state index contributed by atoms with van der Waals surface area (Å²) in [5.41, 5.74) is 0. The van der Waals surface area contributed by atoms with Crippen LogP contribution >= 0.6 is 0 Å². The Morgan fingerprint density at radius 1 is 1.53 bits per heavy atom. The van der Waals surface area contributed by atoms with Crippen molar-refractivity contribution in [2.24, 2.45) is 0 Å². The zero-order valence-corrected chi connectivity index (χ0v) is 9.40. The number of nitrogens with zero attached hydrogens (tertiary/aromatic N) is 3. The third-order valence-electron chi connectivity index (χ3n) is 2.96. The third kappa shape index (κ3) is 2.19. The highest BCUT2D eigenvalue weighted by Crippen LogP contribution is 2.27. The van der Waals surface area contributed by atoms with Gasteiger partial charge in [0.15, 0.2) is 0 Å². The number of aromatic nitrogens is 2. The molecular weight excluding hydrogens is 188 g/mol. The van der Waals surface area contributed by atoms with Crippen LogP contribution in [-0.2, 0) is 0 Å². The Kier molecular flexibility index (Phi) is 3.04. The van der Waals surface area contributed by atoms with Crippen LogP contribution in [0.25, 0.3) is 0 Å². The molecule has 4 nitrogen and oxygen atoms in total. The molecule has 0 unspecified atom stereocenters. The highest BCUT2D eigenvalue weighted by atomic mass is 15.2. The first-order chi connectivity index (χ1) is 7.31. The topological polar surface area (TPSA) is 41.1 Å². The fourth-order valence-electron chi connectivity index (χ4n) is 1.75. The van der Waals surface area contributed by atoms with Crippen molar-refractivity contribution >= 4 is 11.8 Å². The molecule has 1 aromatic heterocycles. The van der Waals surface area contributed by atoms with E-state index >= 15 is 0 Å². The summed E-state index contributed by atoms with van der Waals surface area (Å²) in [5.74, 6) is 1.74. The van der Waals surface area contributed by atoms with Gasteiger partial charge in [-0.1, -0.05) is 0 Å². The van der Waals surface area contributed by atoms with Crippen molar-refractivity contribution in [3.05, 3.63) is 12.3 Å². The minimum atomic E-state index is 0.675. The van der Waals surface area contributed by atoms with Crippen LogP contribution in [-0.4, -0.2) is 29.6 Å². The number of rotatable bonds is 4. The van der Waals surface area contributed by atoms with E-state index in [9.17, 15) is 0 Å². The molecule has 1 fully saturated rings. The fourth-order valence-corrected chi connectivity index (χ4v) is 1.75. The lowest BCUT2D eigenvalue weighted by atomic mass is 9.92. The molecule has 0 spiro atoms. The zero-order valence-electron chi connectivity index (χ0n) is 9.40. The van der Waals surface area contributed by atoms with Gasteiger partial charge >= 0.3 is 0 Å². The quantitative estimate of drug-likeness (QED) is 0.817. The molecule has 0 aliphatic heterocycles. The number of nitrogens with one attached hydrogen (secondary N) is 1. The average molecular weight is 206 g/mol. The van der Waals surface area contributed by atoms with Gasteiger partial charge in [-0.2, -0.15) is 4.98 Å². The highest BCUT2D eigenvalue weighted by Gasteiger charge is 2.22. The van der Waals surface area contributed by atoms with Crippen molar-refractivity contribution in [3.63, 3.8) is 0 Å². The largest absolute Gasteiger partial charge is 0.357 e. The first-order valence-corrected chi connectivity index (χ1v) is 5.61. The van der Waals surface area contributed by atoms with Gasteiger partial charge in [-0.3, -0.25) is 0 Å². The van der Waals surface area contributed by atoms with E-state index in [1.165, 1.54) is 19.3 Å². The summed E-state index contributed by atoms with van der Waals surface area (Å²) in [6.45, 7) is 2.91. The van der Waals surface area contributed by atoms with Gasteiger partial charge in [-0.15, -0.1) is 0 Å². The molecule has 0 aromatic carbocycles. The van der Waals surface area contributed by atoms with Gasteiger partial charge < -0.3 is 10.2 Å². The Bertz CT molecular complexity index is 322. The summed E-state index contributed by atoms with van der Waals surface area (Å²) in [6, 6.07) is 2.65. The predicted molar refractivity (Wildman–Crippen MR) is 62.2 cm³/mol. The molecule has 0 radical (unpaired) electrons. The van der Waals surface area contributed by atoms with Gasteiger partial charge in [0.05, 0.1) is 0 Å². The molecule has 0 saturated heterocycles. The van der Waals surface area contributed by atoms with Crippen LogP contribution in [0.15, 0.2) is 12.3 Å². The van der Waals surface area contributed by atoms with Crippen molar-refractivity contribution in [2.75, 3.05) is 23.8 Å². The molecule has 1 aliphatic carbocycles. The summed E-state index contributed by atoms with van der Waals surface area (Å²) in [7, 11) is 2.11. The van der Waals surface area contributed by atoms with E-state index in [-0.39, 0.29) is 0 Å². The molecule has 1 aliphatic rings. The first-order valence-electron chi connectivity index (χ1n) is 5.61. The highest BCUT2D eigenvalue weighted by molar-refractivity contribution is 5.43. The SMILES string of the molecule is CCNc1nccc(N(C)C2CCC2)n1. The van der Waals surface area contributed by atoms with E-state index in [1.54, 1.807) is 0 Å². The van der Waals surface area contributed by atoms with E-state index < -0.39 is 0 Å². The Labute approximate surface area is 90.7 Å². The Morgan fingerprint density at radius 3 is 2.93 bits per heavy atom. The summed E-state index contributed by atoms with van der Waals surface area (Å²) < 4.78 is 0. The summed E-state index contributed by atoms with van der Waals surface area (Å²) in [4.78, 5) is 10.9. The second-order valence-corrected chi connectivity index (χ2v) is 3.96. The maximum atomic E-state index is 4.47. The van der Waals surface area contributed by atoms with Crippen molar-refractivity contribution in [1.82, 2.24) is 9.97 Å². The summed E-state index contributed by atoms with van der Waals surface area (Å²) in [6.07, 6.45) is 5.74. The average Bonchev–Trinajstić information content (AvgIpc) is 2.16. The second-order valence-electron chi connectivity index (χ2n) is 3.96. The standard InChI is InChI=1S/C11H18N4/c1-3-12-11-13-8-7-10(14-11)15(2)9-5-4-6-9/h7-9H,3-6H2,1-2H3,(H,12,13,14). The lowest BCUT2D eigenvalue weighted by molar-refractivity contribution is 0.399. The second kappa shape index (κ2) is 4.47. The third-order valence-corrected chi connectivity index (χ3v) is 2.96. The maximum absolute atomic E-state index is 4.47. The summed E-state index contributed by atoms with van der Waals surface area (Å²) in [5, 5.41) is 3.13. The van der Waals surface area contributed by atoms with Gasteiger partial charge in [0.1, 0.15) is 5.82 Å². The molecule has 1 N–H and O–H groups in total. The summed E-state index contributed by atoms with van der Waals surface area (Å²) >= 11 is 0. The van der Waals surface area contributed by atoms with Crippen molar-refractivity contribution < 1.29 is 0 Å². The zero-order chi connectivity index (χ0) is 10.7. The molecule has 82 valence electrons. The smallest absolute Gasteiger partial charge is 0.224 e. The molecular formula is C11H18N4. The molecule has 0 amide bonds. The first kappa shape index (κ1) is 10.2. The molecule has 0 atom stereocenters. The molecule has 1 saturated carbocycles. The number of hydrogen-bond acceptors (Lipinski definition) is 4. The van der Waals surface area contributed by atoms with Crippen LogP contribution < -0.4 is 10.2 Å². The number of anilines is 2. The molecule has 0 bridgehead atoms. The van der Waals surface area contributed by atoms with E-state index in [4.69, 9.17) is 0 Å². The Morgan fingerprint density at radius 2 is 2.33 bits per heavy atom. The van der Waals surface area contributed by atoms with Crippen molar-refractivity contribution in [1.29, 1.82) is 0 Å². The van der Waals surface area contributed by atoms with E-state index in [2.05, 4.69) is 27.2 Å². The van der Waals surface area contributed by atoms with Crippen LogP contribution in [0.3, 0.4) is 0 Å². The minimum absolute atomic E-state index is 0.675. The predicted octanol–water partition coefficient (Wildman–Crippen LogP) is 1.90. The van der Waals surface area contributed by atoms with Gasteiger partial charge in [0.2, 0.25) is 5.95 Å². The van der Waals surface area contributed by atoms with E-state index in [1.807, 2.05) is 19.2 Å². The van der Waals surface area contributed by atoms with Crippen molar-refractivity contribution in [2.45, 2.75) is 32.2 Å². The molecule has 1 heterocycles. The monoisotopic (exact) mass is 206 g/mol. The lowest BCUT2D eigenvalue weighted by Crippen LogP contribution is -2.37. The van der Waals surface area contributed by atoms with Gasteiger partial charge in [0, 0.05) is 25.8 Å². The van der Waals surface area contributed by atoms with Crippen LogP contribution in [0.4, 0.5) is 11.8 Å². The Hall–Kier alpha value is -1.32.